The highest BCUT2D eigenvalue weighted by Crippen LogP contribution is 2.22. The molecule has 0 radical (unpaired) electrons. The number of carbonyl (C=O) groups excluding carboxylic acids is 1. The number of hydrogen-bond acceptors (Lipinski definition) is 4. The maximum atomic E-state index is 12.1. The van der Waals surface area contributed by atoms with E-state index in [0.717, 1.165) is 12.0 Å². The summed E-state index contributed by atoms with van der Waals surface area (Å²) in [4.78, 5) is 24.7. The van der Waals surface area contributed by atoms with Crippen molar-refractivity contribution in [1.82, 2.24) is 4.90 Å². The Bertz CT molecular complexity index is 505. The van der Waals surface area contributed by atoms with Gasteiger partial charge in [0.2, 0.25) is 0 Å². The lowest BCUT2D eigenvalue weighted by atomic mass is 10.2. The van der Waals surface area contributed by atoms with Crippen molar-refractivity contribution in [2.24, 2.45) is 0 Å². The molecule has 1 saturated heterocycles. The summed E-state index contributed by atoms with van der Waals surface area (Å²) in [6.45, 7) is 2.92. The van der Waals surface area contributed by atoms with Crippen LogP contribution >= 0.6 is 0 Å². The number of carboxylic acid groups (broad SMARTS) is 1. The Morgan fingerprint density at radius 3 is 2.68 bits per heavy atom. The first-order chi connectivity index (χ1) is 10.6. The molecule has 0 saturated carbocycles. The number of rotatable bonds is 6. The van der Waals surface area contributed by atoms with E-state index in [2.05, 4.69) is 0 Å². The Hall–Kier alpha value is -2.08. The minimum absolute atomic E-state index is 0.128. The van der Waals surface area contributed by atoms with Crippen LogP contribution in [0.4, 0.5) is 4.79 Å². The summed E-state index contributed by atoms with van der Waals surface area (Å²) in [6, 6.07) is 8.40. The van der Waals surface area contributed by atoms with Crippen molar-refractivity contribution in [3.63, 3.8) is 0 Å². The number of ether oxygens (including phenoxy) is 2. The molecule has 120 valence electrons. The van der Waals surface area contributed by atoms with Gasteiger partial charge < -0.3 is 14.6 Å². The standard InChI is InChI=1S/C16H21NO5/c1-2-8-21-13-9-14(15(18)19)17(10-13)16(20)22-11-12-6-4-3-5-7-12/h3-7,13-14H,2,8-11H2,1H3,(H,18,19)/t13?,14-/m0/s1. The number of carboxylic acids is 1. The molecular weight excluding hydrogens is 286 g/mol. The molecule has 0 bridgehead atoms. The highest BCUT2D eigenvalue weighted by molar-refractivity contribution is 5.80. The number of likely N-dealkylation sites (tertiary alicyclic amines) is 1. The Labute approximate surface area is 129 Å². The van der Waals surface area contributed by atoms with Gasteiger partial charge in [-0.1, -0.05) is 37.3 Å². The predicted octanol–water partition coefficient (Wildman–Crippen LogP) is 2.28. The summed E-state index contributed by atoms with van der Waals surface area (Å²) >= 11 is 0. The van der Waals surface area contributed by atoms with Crippen LogP contribution in [0.15, 0.2) is 30.3 Å². The molecule has 1 aliphatic rings. The van der Waals surface area contributed by atoms with Gasteiger partial charge in [0.25, 0.3) is 0 Å². The Morgan fingerprint density at radius 2 is 2.05 bits per heavy atom. The summed E-state index contributed by atoms with van der Waals surface area (Å²) in [5.41, 5.74) is 0.862. The van der Waals surface area contributed by atoms with E-state index >= 15 is 0 Å². The van der Waals surface area contributed by atoms with Crippen LogP contribution in [0.25, 0.3) is 0 Å². The van der Waals surface area contributed by atoms with E-state index in [9.17, 15) is 14.7 Å². The minimum atomic E-state index is -1.03. The van der Waals surface area contributed by atoms with Crippen molar-refractivity contribution in [3.05, 3.63) is 35.9 Å². The summed E-state index contributed by atoms with van der Waals surface area (Å²) < 4.78 is 10.8. The van der Waals surface area contributed by atoms with E-state index in [0.29, 0.717) is 13.0 Å². The Balaban J connectivity index is 1.92. The fourth-order valence-corrected chi connectivity index (χ4v) is 2.44. The van der Waals surface area contributed by atoms with Gasteiger partial charge in [0.05, 0.1) is 12.6 Å². The van der Waals surface area contributed by atoms with Gasteiger partial charge in [-0.3, -0.25) is 4.90 Å². The third-order valence-electron chi connectivity index (χ3n) is 3.55. The summed E-state index contributed by atoms with van der Waals surface area (Å²) in [5, 5.41) is 9.26. The van der Waals surface area contributed by atoms with Crippen LogP contribution in [0, 0.1) is 0 Å². The molecule has 22 heavy (non-hydrogen) atoms. The maximum absolute atomic E-state index is 12.1. The fourth-order valence-electron chi connectivity index (χ4n) is 2.44. The predicted molar refractivity (Wildman–Crippen MR) is 79.4 cm³/mol. The SMILES string of the molecule is CCCOC1C[C@@H](C(=O)O)N(C(=O)OCc2ccccc2)C1. The van der Waals surface area contributed by atoms with Gasteiger partial charge in [-0.2, -0.15) is 0 Å². The van der Waals surface area contributed by atoms with E-state index in [4.69, 9.17) is 9.47 Å². The zero-order chi connectivity index (χ0) is 15.9. The minimum Gasteiger partial charge on any atom is -0.480 e. The normalized spacial score (nSPS) is 20.9. The molecule has 0 aromatic heterocycles. The van der Waals surface area contributed by atoms with Gasteiger partial charge in [-0.15, -0.1) is 0 Å². The molecule has 6 nitrogen and oxygen atoms in total. The number of benzene rings is 1. The molecule has 1 amide bonds. The molecule has 1 fully saturated rings. The van der Waals surface area contributed by atoms with E-state index in [-0.39, 0.29) is 19.3 Å². The smallest absolute Gasteiger partial charge is 0.410 e. The first kappa shape index (κ1) is 16.3. The maximum Gasteiger partial charge on any atom is 0.410 e. The average molecular weight is 307 g/mol. The molecule has 1 N–H and O–H groups in total. The molecule has 6 heteroatoms. The van der Waals surface area contributed by atoms with Crippen LogP contribution in [-0.2, 0) is 20.9 Å². The van der Waals surface area contributed by atoms with Crippen molar-refractivity contribution in [1.29, 1.82) is 0 Å². The van der Waals surface area contributed by atoms with Crippen LogP contribution in [0.2, 0.25) is 0 Å². The van der Waals surface area contributed by atoms with Crippen LogP contribution in [0.5, 0.6) is 0 Å². The quantitative estimate of drug-likeness (QED) is 0.872. The average Bonchev–Trinajstić information content (AvgIpc) is 2.96. The Kier molecular flexibility index (Phi) is 5.77. The molecule has 1 aromatic carbocycles. The molecule has 0 spiro atoms. The lowest BCUT2D eigenvalue weighted by Gasteiger charge is -2.20. The van der Waals surface area contributed by atoms with Crippen molar-refractivity contribution in [3.8, 4) is 0 Å². The third-order valence-corrected chi connectivity index (χ3v) is 3.55. The molecule has 1 heterocycles. The van der Waals surface area contributed by atoms with Crippen molar-refractivity contribution >= 4 is 12.1 Å². The van der Waals surface area contributed by atoms with Crippen molar-refractivity contribution < 1.29 is 24.2 Å². The monoisotopic (exact) mass is 307 g/mol. The van der Waals surface area contributed by atoms with Crippen LogP contribution in [0.3, 0.4) is 0 Å². The van der Waals surface area contributed by atoms with Gasteiger partial charge >= 0.3 is 12.1 Å². The molecule has 0 aliphatic carbocycles. The number of carbonyl (C=O) groups is 2. The second kappa shape index (κ2) is 7.79. The van der Waals surface area contributed by atoms with E-state index in [1.807, 2.05) is 37.3 Å². The largest absolute Gasteiger partial charge is 0.480 e. The van der Waals surface area contributed by atoms with Gasteiger partial charge in [0.15, 0.2) is 0 Å². The van der Waals surface area contributed by atoms with Crippen LogP contribution in [0.1, 0.15) is 25.3 Å². The zero-order valence-electron chi connectivity index (χ0n) is 12.6. The first-order valence-electron chi connectivity index (χ1n) is 7.43. The highest BCUT2D eigenvalue weighted by atomic mass is 16.6. The van der Waals surface area contributed by atoms with Gasteiger partial charge in [0.1, 0.15) is 12.6 Å². The van der Waals surface area contributed by atoms with Crippen LogP contribution < -0.4 is 0 Å². The molecule has 1 aromatic rings. The topological polar surface area (TPSA) is 76.1 Å². The number of aliphatic carboxylic acids is 1. The molecule has 2 atom stereocenters. The number of hydrogen-bond donors (Lipinski definition) is 1. The summed E-state index contributed by atoms with van der Waals surface area (Å²) in [7, 11) is 0. The van der Waals surface area contributed by atoms with Crippen molar-refractivity contribution in [2.75, 3.05) is 13.2 Å². The zero-order valence-corrected chi connectivity index (χ0v) is 12.6. The second-order valence-corrected chi connectivity index (χ2v) is 5.28. The first-order valence-corrected chi connectivity index (χ1v) is 7.43. The van der Waals surface area contributed by atoms with E-state index < -0.39 is 18.1 Å². The number of nitrogens with zero attached hydrogens (tertiary/aromatic N) is 1. The number of amides is 1. The second-order valence-electron chi connectivity index (χ2n) is 5.28. The fraction of sp³-hybridized carbons (Fsp3) is 0.500. The summed E-state index contributed by atoms with van der Waals surface area (Å²) in [6.07, 6.45) is 0.298. The van der Waals surface area contributed by atoms with E-state index in [1.165, 1.54) is 4.90 Å². The van der Waals surface area contributed by atoms with Gasteiger partial charge in [-0.05, 0) is 12.0 Å². The third kappa shape index (κ3) is 4.21. The highest BCUT2D eigenvalue weighted by Gasteiger charge is 2.41. The lowest BCUT2D eigenvalue weighted by molar-refractivity contribution is -0.141. The van der Waals surface area contributed by atoms with Gasteiger partial charge in [-0.25, -0.2) is 9.59 Å². The Morgan fingerprint density at radius 1 is 1.32 bits per heavy atom. The van der Waals surface area contributed by atoms with E-state index in [1.54, 1.807) is 0 Å². The van der Waals surface area contributed by atoms with Gasteiger partial charge in [0, 0.05) is 13.0 Å². The summed E-state index contributed by atoms with van der Waals surface area (Å²) in [5.74, 6) is -1.03. The molecule has 2 rings (SSSR count). The molecule has 1 unspecified atom stereocenters. The molecular formula is C16H21NO5. The van der Waals surface area contributed by atoms with Crippen molar-refractivity contribution in [2.45, 2.75) is 38.5 Å². The molecule has 1 aliphatic heterocycles. The van der Waals surface area contributed by atoms with Crippen LogP contribution in [-0.4, -0.2) is 47.4 Å². The lowest BCUT2D eigenvalue weighted by Crippen LogP contribution is -2.40.